The molecule has 0 bridgehead atoms. The Morgan fingerprint density at radius 2 is 1.85 bits per heavy atom. The molecule has 26 heavy (non-hydrogen) atoms. The number of hydrogen-bond donors (Lipinski definition) is 2. The van der Waals surface area contributed by atoms with E-state index in [9.17, 15) is 4.39 Å². The molecule has 1 aromatic carbocycles. The van der Waals surface area contributed by atoms with Gasteiger partial charge < -0.3 is 16.4 Å². The first-order valence-electron chi connectivity index (χ1n) is 9.47. The van der Waals surface area contributed by atoms with E-state index >= 15 is 0 Å². The van der Waals surface area contributed by atoms with E-state index < -0.39 is 0 Å². The minimum Gasteiger partial charge on any atom is -0.368 e. The van der Waals surface area contributed by atoms with Crippen molar-refractivity contribution in [1.82, 2.24) is 9.97 Å². The molecule has 138 valence electrons. The maximum Gasteiger partial charge on any atom is 0.222 e. The molecule has 0 atom stereocenters. The highest BCUT2D eigenvalue weighted by atomic mass is 19.1. The second-order valence-corrected chi connectivity index (χ2v) is 7.66. The van der Waals surface area contributed by atoms with Crippen LogP contribution in [0.3, 0.4) is 0 Å². The summed E-state index contributed by atoms with van der Waals surface area (Å²) in [4.78, 5) is 11.1. The summed E-state index contributed by atoms with van der Waals surface area (Å²) in [5, 5.41) is 0. The predicted octanol–water partition coefficient (Wildman–Crippen LogP) is 2.86. The lowest BCUT2D eigenvalue weighted by molar-refractivity contribution is 0.345. The molecule has 0 unspecified atom stereocenters. The standard InChI is InChI=1S/C20H26FN5/c21-17-4-2-1-3-14(17)9-13-5-7-26(8-6-13)19-12-18(24-20(23)25-19)15-10-16(22)11-15/h1-4,12-13,15-16H,5-11,22H2,(H2,23,24,25). The zero-order valence-corrected chi connectivity index (χ0v) is 14.9. The summed E-state index contributed by atoms with van der Waals surface area (Å²) in [6.07, 6.45) is 4.81. The minimum absolute atomic E-state index is 0.0955. The van der Waals surface area contributed by atoms with Gasteiger partial charge in [-0.1, -0.05) is 18.2 Å². The van der Waals surface area contributed by atoms with Crippen LogP contribution in [0.4, 0.5) is 16.2 Å². The molecule has 2 heterocycles. The van der Waals surface area contributed by atoms with Crippen molar-refractivity contribution in [3.8, 4) is 0 Å². The first-order chi connectivity index (χ1) is 12.6. The topological polar surface area (TPSA) is 81.1 Å². The van der Waals surface area contributed by atoms with Gasteiger partial charge in [0.1, 0.15) is 11.6 Å². The number of anilines is 2. The number of piperidine rings is 1. The molecule has 2 aromatic rings. The Morgan fingerprint density at radius 1 is 1.12 bits per heavy atom. The number of nitrogens with zero attached hydrogens (tertiary/aromatic N) is 3. The lowest BCUT2D eigenvalue weighted by atomic mass is 9.78. The fourth-order valence-corrected chi connectivity index (χ4v) is 4.09. The largest absolute Gasteiger partial charge is 0.368 e. The maximum absolute atomic E-state index is 13.9. The number of rotatable bonds is 4. The number of hydrogen-bond acceptors (Lipinski definition) is 5. The molecule has 1 aliphatic carbocycles. The Hall–Kier alpha value is -2.21. The zero-order chi connectivity index (χ0) is 18.1. The monoisotopic (exact) mass is 355 g/mol. The van der Waals surface area contributed by atoms with Crippen LogP contribution in [0.2, 0.25) is 0 Å². The third-order valence-corrected chi connectivity index (χ3v) is 5.75. The van der Waals surface area contributed by atoms with Crippen LogP contribution in [0.5, 0.6) is 0 Å². The van der Waals surface area contributed by atoms with Crippen LogP contribution in [0.15, 0.2) is 30.3 Å². The summed E-state index contributed by atoms with van der Waals surface area (Å²) >= 11 is 0. The average Bonchev–Trinajstić information content (AvgIpc) is 2.61. The molecule has 0 amide bonds. The van der Waals surface area contributed by atoms with Gasteiger partial charge in [-0.15, -0.1) is 0 Å². The summed E-state index contributed by atoms with van der Waals surface area (Å²) in [6.45, 7) is 1.83. The van der Waals surface area contributed by atoms with Crippen LogP contribution in [0, 0.1) is 11.7 Å². The molecule has 4 N–H and O–H groups in total. The Bertz CT molecular complexity index is 767. The van der Waals surface area contributed by atoms with Crippen LogP contribution < -0.4 is 16.4 Å². The van der Waals surface area contributed by atoms with Crippen molar-refractivity contribution in [1.29, 1.82) is 0 Å². The molecule has 2 aliphatic rings. The Kier molecular flexibility index (Phi) is 4.76. The van der Waals surface area contributed by atoms with Gasteiger partial charge in [0.25, 0.3) is 0 Å². The molecule has 1 saturated heterocycles. The molecular formula is C20H26FN5. The van der Waals surface area contributed by atoms with Crippen LogP contribution in [0.25, 0.3) is 0 Å². The van der Waals surface area contributed by atoms with Gasteiger partial charge in [0.05, 0.1) is 5.69 Å². The van der Waals surface area contributed by atoms with E-state index in [-0.39, 0.29) is 11.9 Å². The summed E-state index contributed by atoms with van der Waals surface area (Å²) < 4.78 is 13.9. The second-order valence-electron chi connectivity index (χ2n) is 7.66. The molecule has 1 aliphatic heterocycles. The van der Waals surface area contributed by atoms with Crippen LogP contribution in [-0.2, 0) is 6.42 Å². The molecule has 0 radical (unpaired) electrons. The van der Waals surface area contributed by atoms with Crippen LogP contribution >= 0.6 is 0 Å². The molecule has 1 saturated carbocycles. The van der Waals surface area contributed by atoms with E-state index in [2.05, 4.69) is 20.9 Å². The fraction of sp³-hybridized carbons (Fsp3) is 0.500. The number of nitrogen functional groups attached to an aromatic ring is 1. The number of benzene rings is 1. The normalized spacial score (nSPS) is 23.7. The predicted molar refractivity (Wildman–Crippen MR) is 101 cm³/mol. The molecule has 0 spiro atoms. The third-order valence-electron chi connectivity index (χ3n) is 5.75. The second kappa shape index (κ2) is 7.19. The van der Waals surface area contributed by atoms with Crippen LogP contribution in [-0.4, -0.2) is 29.1 Å². The third kappa shape index (κ3) is 3.65. The first kappa shape index (κ1) is 17.2. The van der Waals surface area contributed by atoms with Crippen molar-refractivity contribution < 1.29 is 4.39 Å². The molecule has 2 fully saturated rings. The quantitative estimate of drug-likeness (QED) is 0.881. The van der Waals surface area contributed by atoms with Gasteiger partial charge in [0, 0.05) is 31.1 Å². The van der Waals surface area contributed by atoms with Gasteiger partial charge in [0.2, 0.25) is 5.95 Å². The lowest BCUT2D eigenvalue weighted by Crippen LogP contribution is -2.37. The smallest absolute Gasteiger partial charge is 0.222 e. The zero-order valence-electron chi connectivity index (χ0n) is 14.9. The highest BCUT2D eigenvalue weighted by molar-refractivity contribution is 5.45. The van der Waals surface area contributed by atoms with Crippen LogP contribution in [0.1, 0.15) is 42.9 Å². The van der Waals surface area contributed by atoms with Crippen molar-refractivity contribution in [2.75, 3.05) is 23.7 Å². The highest BCUT2D eigenvalue weighted by Crippen LogP contribution is 2.36. The van der Waals surface area contributed by atoms with Gasteiger partial charge in [-0.2, -0.15) is 4.98 Å². The summed E-state index contributed by atoms with van der Waals surface area (Å²) in [6, 6.07) is 9.45. The van der Waals surface area contributed by atoms with E-state index in [1.54, 1.807) is 12.1 Å². The van der Waals surface area contributed by atoms with Crippen molar-refractivity contribution in [3.63, 3.8) is 0 Å². The maximum atomic E-state index is 13.9. The van der Waals surface area contributed by atoms with E-state index in [0.717, 1.165) is 62.3 Å². The molecule has 1 aromatic heterocycles. The van der Waals surface area contributed by atoms with Crippen molar-refractivity contribution in [3.05, 3.63) is 47.4 Å². The SMILES string of the molecule is Nc1nc(C2CC(N)C2)cc(N2CCC(Cc3ccccc3F)CC2)n1. The molecule has 6 heteroatoms. The van der Waals surface area contributed by atoms with E-state index in [4.69, 9.17) is 11.5 Å². The number of aromatic nitrogens is 2. The summed E-state index contributed by atoms with van der Waals surface area (Å²) in [5.41, 5.74) is 13.7. The number of nitrogens with two attached hydrogens (primary N) is 2. The molecule has 4 rings (SSSR count). The Balaban J connectivity index is 1.39. The lowest BCUT2D eigenvalue weighted by Gasteiger charge is -2.35. The fourth-order valence-electron chi connectivity index (χ4n) is 4.09. The van der Waals surface area contributed by atoms with Crippen molar-refractivity contribution >= 4 is 11.8 Å². The average molecular weight is 355 g/mol. The van der Waals surface area contributed by atoms with Gasteiger partial charge >= 0.3 is 0 Å². The minimum atomic E-state index is -0.0955. The van der Waals surface area contributed by atoms with Gasteiger partial charge in [-0.25, -0.2) is 9.37 Å². The highest BCUT2D eigenvalue weighted by Gasteiger charge is 2.30. The van der Waals surface area contributed by atoms with Gasteiger partial charge in [-0.3, -0.25) is 0 Å². The van der Waals surface area contributed by atoms with E-state index in [1.165, 1.54) is 0 Å². The summed E-state index contributed by atoms with van der Waals surface area (Å²) in [5.74, 6) is 2.07. The van der Waals surface area contributed by atoms with Gasteiger partial charge in [-0.05, 0) is 49.7 Å². The summed E-state index contributed by atoms with van der Waals surface area (Å²) in [7, 11) is 0. The first-order valence-corrected chi connectivity index (χ1v) is 9.47. The van der Waals surface area contributed by atoms with Gasteiger partial charge in [0.15, 0.2) is 0 Å². The Labute approximate surface area is 153 Å². The van der Waals surface area contributed by atoms with E-state index in [1.807, 2.05) is 12.1 Å². The van der Waals surface area contributed by atoms with Crippen molar-refractivity contribution in [2.24, 2.45) is 11.7 Å². The molecular weight excluding hydrogens is 329 g/mol. The number of halogens is 1. The van der Waals surface area contributed by atoms with E-state index in [0.29, 0.717) is 17.8 Å². The Morgan fingerprint density at radius 3 is 2.54 bits per heavy atom. The molecule has 5 nitrogen and oxygen atoms in total. The van der Waals surface area contributed by atoms with Crippen molar-refractivity contribution in [2.45, 2.75) is 44.1 Å².